The van der Waals surface area contributed by atoms with E-state index in [0.717, 1.165) is 21.5 Å². The van der Waals surface area contributed by atoms with E-state index in [1.165, 1.54) is 11.5 Å². The summed E-state index contributed by atoms with van der Waals surface area (Å²) in [5.74, 6) is 0.296. The van der Waals surface area contributed by atoms with Crippen LogP contribution in [0.15, 0.2) is 28.9 Å². The summed E-state index contributed by atoms with van der Waals surface area (Å²) in [6.07, 6.45) is 2.55. The number of rotatable bonds is 4. The van der Waals surface area contributed by atoms with E-state index in [-0.39, 0.29) is 6.04 Å². The number of aromatic nitrogens is 2. The van der Waals surface area contributed by atoms with Crippen molar-refractivity contribution in [2.24, 2.45) is 0 Å². The normalized spacial score (nSPS) is 12.4. The van der Waals surface area contributed by atoms with Gasteiger partial charge < -0.3 is 10.4 Å². The molecule has 4 nitrogen and oxygen atoms in total. The van der Waals surface area contributed by atoms with Gasteiger partial charge in [-0.25, -0.2) is 0 Å². The number of aromatic hydroxyl groups is 1. The van der Waals surface area contributed by atoms with Gasteiger partial charge in [0.1, 0.15) is 10.8 Å². The maximum absolute atomic E-state index is 9.88. The van der Waals surface area contributed by atoms with E-state index in [9.17, 15) is 5.11 Å². The highest BCUT2D eigenvalue weighted by Gasteiger charge is 2.14. The predicted molar refractivity (Wildman–Crippen MR) is 72.4 cm³/mol. The van der Waals surface area contributed by atoms with Crippen LogP contribution in [-0.4, -0.2) is 14.7 Å². The Labute approximate surface area is 112 Å². The Morgan fingerprint density at radius 3 is 3.00 bits per heavy atom. The molecule has 0 saturated carbocycles. The molecule has 0 aliphatic heterocycles. The topological polar surface area (TPSA) is 58.0 Å². The molecule has 0 aliphatic carbocycles. The second kappa shape index (κ2) is 5.46. The molecule has 2 rings (SSSR count). The number of phenolic OH excluding ortho intramolecular Hbond substituents is 1. The van der Waals surface area contributed by atoms with E-state index < -0.39 is 0 Å². The average Bonchev–Trinajstić information content (AvgIpc) is 2.82. The van der Waals surface area contributed by atoms with E-state index in [2.05, 4.69) is 37.8 Å². The Hall–Kier alpha value is -1.14. The molecule has 0 bridgehead atoms. The molecule has 1 aromatic carbocycles. The molecule has 0 amide bonds. The molecule has 0 spiro atoms. The highest BCUT2D eigenvalue weighted by Crippen LogP contribution is 2.32. The van der Waals surface area contributed by atoms with Crippen molar-refractivity contribution in [2.75, 3.05) is 5.32 Å². The molecule has 1 atom stereocenters. The van der Waals surface area contributed by atoms with Crippen LogP contribution in [0.3, 0.4) is 0 Å². The smallest absolute Gasteiger partial charge is 0.130 e. The third-order valence-electron chi connectivity index (χ3n) is 2.45. The molecule has 0 saturated heterocycles. The van der Waals surface area contributed by atoms with Crippen molar-refractivity contribution in [1.29, 1.82) is 0 Å². The number of benzene rings is 1. The van der Waals surface area contributed by atoms with Crippen LogP contribution in [0.2, 0.25) is 0 Å². The summed E-state index contributed by atoms with van der Waals surface area (Å²) in [7, 11) is 0. The van der Waals surface area contributed by atoms with E-state index in [0.29, 0.717) is 5.75 Å². The first-order valence-electron chi connectivity index (χ1n) is 5.23. The Kier molecular flexibility index (Phi) is 3.96. The lowest BCUT2D eigenvalue weighted by molar-refractivity contribution is 0.462. The quantitative estimate of drug-likeness (QED) is 0.906. The second-order valence-corrected chi connectivity index (χ2v) is 5.29. The van der Waals surface area contributed by atoms with Gasteiger partial charge in [0.15, 0.2) is 0 Å². The van der Waals surface area contributed by atoms with Crippen LogP contribution in [0.5, 0.6) is 5.75 Å². The van der Waals surface area contributed by atoms with E-state index in [1.807, 2.05) is 12.1 Å². The van der Waals surface area contributed by atoms with E-state index in [4.69, 9.17) is 0 Å². The minimum atomic E-state index is 0.0507. The summed E-state index contributed by atoms with van der Waals surface area (Å²) in [4.78, 5) is 0. The summed E-state index contributed by atoms with van der Waals surface area (Å²) in [5.41, 5.74) is 0.871. The van der Waals surface area contributed by atoms with Crippen molar-refractivity contribution in [3.05, 3.63) is 34.4 Å². The molecular weight excluding hydrogens is 302 g/mol. The Morgan fingerprint density at radius 2 is 2.35 bits per heavy atom. The standard InChI is InChI=1S/C11H12BrN3OS/c1-2-9(14-11-6-13-15-17-11)8-5-7(12)3-4-10(8)16/h3-6,9,14,16H,2H2,1H3. The lowest BCUT2D eigenvalue weighted by Crippen LogP contribution is -2.08. The monoisotopic (exact) mass is 313 g/mol. The van der Waals surface area contributed by atoms with Crippen LogP contribution in [0.1, 0.15) is 24.9 Å². The average molecular weight is 314 g/mol. The van der Waals surface area contributed by atoms with Crippen molar-refractivity contribution >= 4 is 32.5 Å². The number of hydrogen-bond acceptors (Lipinski definition) is 5. The summed E-state index contributed by atoms with van der Waals surface area (Å²) in [6, 6.07) is 5.48. The van der Waals surface area contributed by atoms with Gasteiger partial charge in [0.25, 0.3) is 0 Å². The molecule has 90 valence electrons. The van der Waals surface area contributed by atoms with E-state index in [1.54, 1.807) is 12.3 Å². The number of nitrogens with one attached hydrogen (secondary N) is 1. The van der Waals surface area contributed by atoms with E-state index >= 15 is 0 Å². The molecule has 0 aliphatic rings. The zero-order valence-electron chi connectivity index (χ0n) is 9.22. The predicted octanol–water partition coefficient (Wildman–Crippen LogP) is 3.57. The van der Waals surface area contributed by atoms with Crippen LogP contribution in [0, 0.1) is 0 Å². The van der Waals surface area contributed by atoms with Gasteiger partial charge in [-0.15, -0.1) is 5.10 Å². The molecule has 2 N–H and O–H groups in total. The maximum Gasteiger partial charge on any atom is 0.130 e. The number of nitrogens with zero attached hydrogens (tertiary/aromatic N) is 2. The van der Waals surface area contributed by atoms with Gasteiger partial charge in [0.2, 0.25) is 0 Å². The van der Waals surface area contributed by atoms with Crippen LogP contribution < -0.4 is 5.32 Å². The van der Waals surface area contributed by atoms with Gasteiger partial charge in [-0.1, -0.05) is 27.3 Å². The molecule has 1 unspecified atom stereocenters. The van der Waals surface area contributed by atoms with Gasteiger partial charge in [-0.3, -0.25) is 0 Å². The van der Waals surface area contributed by atoms with Crippen LogP contribution in [-0.2, 0) is 0 Å². The third kappa shape index (κ3) is 2.95. The zero-order valence-corrected chi connectivity index (χ0v) is 11.6. The fraction of sp³-hybridized carbons (Fsp3) is 0.273. The molecule has 0 fully saturated rings. The summed E-state index contributed by atoms with van der Waals surface area (Å²) >= 11 is 4.72. The Bertz CT molecular complexity index is 489. The minimum Gasteiger partial charge on any atom is -0.508 e. The first-order chi connectivity index (χ1) is 8.20. The number of halogens is 1. The van der Waals surface area contributed by atoms with Gasteiger partial charge >= 0.3 is 0 Å². The summed E-state index contributed by atoms with van der Waals surface area (Å²) in [6.45, 7) is 2.06. The molecular formula is C11H12BrN3OS. The highest BCUT2D eigenvalue weighted by atomic mass is 79.9. The summed E-state index contributed by atoms with van der Waals surface area (Å²) < 4.78 is 4.75. The molecule has 6 heteroatoms. The second-order valence-electron chi connectivity index (χ2n) is 3.59. The molecule has 1 aromatic heterocycles. The zero-order chi connectivity index (χ0) is 12.3. The van der Waals surface area contributed by atoms with Gasteiger partial charge in [0, 0.05) is 21.6 Å². The lowest BCUT2D eigenvalue weighted by Gasteiger charge is -2.18. The molecule has 1 heterocycles. The minimum absolute atomic E-state index is 0.0507. The third-order valence-corrected chi connectivity index (χ3v) is 3.54. The number of anilines is 1. The lowest BCUT2D eigenvalue weighted by atomic mass is 10.0. The van der Waals surface area contributed by atoms with Gasteiger partial charge in [0.05, 0.1) is 12.2 Å². The first-order valence-corrected chi connectivity index (χ1v) is 6.79. The van der Waals surface area contributed by atoms with Crippen molar-refractivity contribution in [2.45, 2.75) is 19.4 Å². The first kappa shape index (κ1) is 12.3. The van der Waals surface area contributed by atoms with Gasteiger partial charge in [-0.05, 0) is 24.6 Å². The van der Waals surface area contributed by atoms with Crippen molar-refractivity contribution in [3.63, 3.8) is 0 Å². The van der Waals surface area contributed by atoms with Crippen LogP contribution in [0.4, 0.5) is 5.00 Å². The largest absolute Gasteiger partial charge is 0.508 e. The fourth-order valence-corrected chi connectivity index (χ4v) is 2.46. The van der Waals surface area contributed by atoms with Crippen molar-refractivity contribution in [3.8, 4) is 5.75 Å². The SMILES string of the molecule is CCC(Nc1cnns1)c1cc(Br)ccc1O. The van der Waals surface area contributed by atoms with Gasteiger partial charge in [-0.2, -0.15) is 0 Å². The van der Waals surface area contributed by atoms with Crippen molar-refractivity contribution < 1.29 is 5.11 Å². The Morgan fingerprint density at radius 1 is 1.53 bits per heavy atom. The molecule has 17 heavy (non-hydrogen) atoms. The van der Waals surface area contributed by atoms with Crippen LogP contribution in [0.25, 0.3) is 0 Å². The van der Waals surface area contributed by atoms with Crippen molar-refractivity contribution in [1.82, 2.24) is 9.59 Å². The number of phenols is 1. The summed E-state index contributed by atoms with van der Waals surface area (Å²) in [5, 5.41) is 17.9. The molecule has 2 aromatic rings. The Balaban J connectivity index is 2.25. The number of hydrogen-bond donors (Lipinski definition) is 2. The molecule has 0 radical (unpaired) electrons. The maximum atomic E-state index is 9.88. The highest BCUT2D eigenvalue weighted by molar-refractivity contribution is 9.10. The van der Waals surface area contributed by atoms with Crippen LogP contribution >= 0.6 is 27.5 Å². The fourth-order valence-electron chi connectivity index (χ4n) is 1.61.